The monoisotopic (exact) mass is 370 g/mol. The van der Waals surface area contributed by atoms with Crippen molar-refractivity contribution in [2.45, 2.75) is 26.8 Å². The molecule has 4 aromatic rings. The number of anilines is 1. The summed E-state index contributed by atoms with van der Waals surface area (Å²) in [5.41, 5.74) is 6.14. The molecule has 0 spiro atoms. The van der Waals surface area contributed by atoms with Crippen LogP contribution in [0.2, 0.25) is 0 Å². The SMILES string of the molecule is CCOc1ccc(-n2ccc3cc(NCc4ccc(CC)cc4)ccc32)cc1. The Bertz CT molecular complexity index is 1050. The van der Waals surface area contributed by atoms with E-state index in [1.54, 1.807) is 0 Å². The Morgan fingerprint density at radius 1 is 0.821 bits per heavy atom. The molecular formula is C25H26N2O. The van der Waals surface area contributed by atoms with Crippen molar-refractivity contribution in [3.8, 4) is 11.4 Å². The second-order valence-corrected chi connectivity index (χ2v) is 6.91. The predicted molar refractivity (Wildman–Crippen MR) is 118 cm³/mol. The number of hydrogen-bond acceptors (Lipinski definition) is 2. The molecule has 4 rings (SSSR count). The Hall–Kier alpha value is -3.20. The van der Waals surface area contributed by atoms with Crippen LogP contribution in [0, 0.1) is 0 Å². The van der Waals surface area contributed by atoms with Gasteiger partial charge in [-0.2, -0.15) is 0 Å². The molecule has 0 radical (unpaired) electrons. The summed E-state index contributed by atoms with van der Waals surface area (Å²) in [6, 6.07) is 25.7. The molecule has 3 aromatic carbocycles. The maximum absolute atomic E-state index is 5.54. The van der Waals surface area contributed by atoms with Crippen LogP contribution >= 0.6 is 0 Å². The van der Waals surface area contributed by atoms with Crippen molar-refractivity contribution in [3.63, 3.8) is 0 Å². The fourth-order valence-corrected chi connectivity index (χ4v) is 3.44. The van der Waals surface area contributed by atoms with E-state index in [9.17, 15) is 0 Å². The highest BCUT2D eigenvalue weighted by atomic mass is 16.5. The van der Waals surface area contributed by atoms with Crippen LogP contribution < -0.4 is 10.1 Å². The summed E-state index contributed by atoms with van der Waals surface area (Å²) in [5.74, 6) is 0.904. The standard InChI is InChI=1S/C25H26N2O/c1-3-19-5-7-20(8-6-19)18-26-22-9-14-25-21(17-22)15-16-27(25)23-10-12-24(13-11-23)28-4-2/h5-17,26H,3-4,18H2,1-2H3. The number of rotatable bonds is 7. The molecule has 0 amide bonds. The number of hydrogen-bond donors (Lipinski definition) is 1. The van der Waals surface area contributed by atoms with Crippen molar-refractivity contribution in [3.05, 3.63) is 90.1 Å². The topological polar surface area (TPSA) is 26.2 Å². The molecule has 1 N–H and O–H groups in total. The third kappa shape index (κ3) is 3.89. The zero-order chi connectivity index (χ0) is 19.3. The van der Waals surface area contributed by atoms with Gasteiger partial charge in [-0.1, -0.05) is 31.2 Å². The third-order valence-electron chi connectivity index (χ3n) is 5.04. The number of ether oxygens (including phenoxy) is 1. The molecule has 0 saturated heterocycles. The minimum atomic E-state index is 0.685. The summed E-state index contributed by atoms with van der Waals surface area (Å²) in [5, 5.41) is 4.76. The van der Waals surface area contributed by atoms with E-state index in [4.69, 9.17) is 4.74 Å². The summed E-state index contributed by atoms with van der Waals surface area (Å²) >= 11 is 0. The normalized spacial score (nSPS) is 10.9. The van der Waals surface area contributed by atoms with Crippen LogP contribution in [0.15, 0.2) is 79.0 Å². The highest BCUT2D eigenvalue weighted by molar-refractivity contribution is 5.85. The molecule has 1 heterocycles. The van der Waals surface area contributed by atoms with Gasteiger partial charge in [0.15, 0.2) is 0 Å². The summed E-state index contributed by atoms with van der Waals surface area (Å²) in [7, 11) is 0. The molecule has 0 atom stereocenters. The molecular weight excluding hydrogens is 344 g/mol. The number of aromatic nitrogens is 1. The number of fused-ring (bicyclic) bond motifs is 1. The second kappa shape index (κ2) is 8.22. The summed E-state index contributed by atoms with van der Waals surface area (Å²) in [4.78, 5) is 0. The zero-order valence-electron chi connectivity index (χ0n) is 16.5. The lowest BCUT2D eigenvalue weighted by molar-refractivity contribution is 0.340. The quantitative estimate of drug-likeness (QED) is 0.419. The summed E-state index contributed by atoms with van der Waals surface area (Å²) < 4.78 is 7.75. The van der Waals surface area contributed by atoms with Gasteiger partial charge in [-0.15, -0.1) is 0 Å². The Morgan fingerprint density at radius 3 is 2.29 bits per heavy atom. The van der Waals surface area contributed by atoms with E-state index in [1.165, 1.54) is 22.0 Å². The number of benzene rings is 3. The van der Waals surface area contributed by atoms with Gasteiger partial charge in [0, 0.05) is 29.5 Å². The first-order valence-corrected chi connectivity index (χ1v) is 9.93. The van der Waals surface area contributed by atoms with Crippen LogP contribution in [0.25, 0.3) is 16.6 Å². The predicted octanol–water partition coefficient (Wildman–Crippen LogP) is 6.20. The van der Waals surface area contributed by atoms with Gasteiger partial charge in [0.1, 0.15) is 5.75 Å². The van der Waals surface area contributed by atoms with E-state index in [2.05, 4.69) is 83.7 Å². The van der Waals surface area contributed by atoms with Crippen molar-refractivity contribution in [2.24, 2.45) is 0 Å². The first-order chi connectivity index (χ1) is 13.8. The van der Waals surface area contributed by atoms with E-state index in [0.717, 1.165) is 30.1 Å². The molecule has 28 heavy (non-hydrogen) atoms. The van der Waals surface area contributed by atoms with Gasteiger partial charge in [0.25, 0.3) is 0 Å². The van der Waals surface area contributed by atoms with Crippen molar-refractivity contribution in [1.29, 1.82) is 0 Å². The average molecular weight is 370 g/mol. The van der Waals surface area contributed by atoms with Gasteiger partial charge >= 0.3 is 0 Å². The molecule has 1 aromatic heterocycles. The van der Waals surface area contributed by atoms with Crippen LogP contribution in [-0.2, 0) is 13.0 Å². The van der Waals surface area contributed by atoms with Crippen LogP contribution in [0.4, 0.5) is 5.69 Å². The molecule has 0 fully saturated rings. The Labute approximate surface area is 166 Å². The van der Waals surface area contributed by atoms with E-state index in [1.807, 2.05) is 19.1 Å². The van der Waals surface area contributed by atoms with Gasteiger partial charge in [0.2, 0.25) is 0 Å². The minimum Gasteiger partial charge on any atom is -0.494 e. The maximum Gasteiger partial charge on any atom is 0.119 e. The molecule has 0 bridgehead atoms. The van der Waals surface area contributed by atoms with Crippen LogP contribution in [-0.4, -0.2) is 11.2 Å². The van der Waals surface area contributed by atoms with Gasteiger partial charge in [-0.25, -0.2) is 0 Å². The first-order valence-electron chi connectivity index (χ1n) is 9.93. The summed E-state index contributed by atoms with van der Waals surface area (Å²) in [6.45, 7) is 5.70. The minimum absolute atomic E-state index is 0.685. The Balaban J connectivity index is 1.50. The van der Waals surface area contributed by atoms with Crippen LogP contribution in [0.1, 0.15) is 25.0 Å². The van der Waals surface area contributed by atoms with Gasteiger partial charge < -0.3 is 14.6 Å². The Kier molecular flexibility index (Phi) is 5.34. The average Bonchev–Trinajstić information content (AvgIpc) is 3.17. The number of nitrogens with zero attached hydrogens (tertiary/aromatic N) is 1. The van der Waals surface area contributed by atoms with E-state index >= 15 is 0 Å². The highest BCUT2D eigenvalue weighted by Crippen LogP contribution is 2.25. The fourth-order valence-electron chi connectivity index (χ4n) is 3.44. The van der Waals surface area contributed by atoms with E-state index < -0.39 is 0 Å². The smallest absolute Gasteiger partial charge is 0.119 e. The van der Waals surface area contributed by atoms with Gasteiger partial charge in [0.05, 0.1) is 12.1 Å². The lowest BCUT2D eigenvalue weighted by Gasteiger charge is -2.10. The molecule has 0 saturated carbocycles. The molecule has 142 valence electrons. The van der Waals surface area contributed by atoms with Gasteiger partial charge in [-0.3, -0.25) is 0 Å². The van der Waals surface area contributed by atoms with Crippen molar-refractivity contribution >= 4 is 16.6 Å². The zero-order valence-corrected chi connectivity index (χ0v) is 16.5. The van der Waals surface area contributed by atoms with Crippen LogP contribution in [0.5, 0.6) is 5.75 Å². The molecule has 0 aliphatic rings. The third-order valence-corrected chi connectivity index (χ3v) is 5.04. The summed E-state index contributed by atoms with van der Waals surface area (Å²) in [6.07, 6.45) is 3.20. The molecule has 0 aliphatic heterocycles. The maximum atomic E-state index is 5.54. The molecule has 3 nitrogen and oxygen atoms in total. The second-order valence-electron chi connectivity index (χ2n) is 6.91. The first kappa shape index (κ1) is 18.2. The molecule has 3 heteroatoms. The van der Waals surface area contributed by atoms with Crippen molar-refractivity contribution < 1.29 is 4.74 Å². The molecule has 0 unspecified atom stereocenters. The lowest BCUT2D eigenvalue weighted by Crippen LogP contribution is -1.99. The number of nitrogens with one attached hydrogen (secondary N) is 1. The Morgan fingerprint density at radius 2 is 1.57 bits per heavy atom. The van der Waals surface area contributed by atoms with Crippen LogP contribution in [0.3, 0.4) is 0 Å². The number of aryl methyl sites for hydroxylation is 1. The fraction of sp³-hybridized carbons (Fsp3) is 0.200. The van der Waals surface area contributed by atoms with E-state index in [-0.39, 0.29) is 0 Å². The highest BCUT2D eigenvalue weighted by Gasteiger charge is 2.05. The van der Waals surface area contributed by atoms with Crippen molar-refractivity contribution in [1.82, 2.24) is 4.57 Å². The molecule has 0 aliphatic carbocycles. The lowest BCUT2D eigenvalue weighted by atomic mass is 10.1. The van der Waals surface area contributed by atoms with Crippen molar-refractivity contribution in [2.75, 3.05) is 11.9 Å². The largest absolute Gasteiger partial charge is 0.494 e. The van der Waals surface area contributed by atoms with Gasteiger partial charge in [-0.05, 0) is 73.0 Å². The van der Waals surface area contributed by atoms with E-state index in [0.29, 0.717) is 6.61 Å².